The van der Waals surface area contributed by atoms with Crippen LogP contribution in [0.1, 0.15) is 19.3 Å². The predicted octanol–water partition coefficient (Wildman–Crippen LogP) is 2.93. The third-order valence-corrected chi connectivity index (χ3v) is 4.79. The number of methoxy groups -OCH3 is 1. The van der Waals surface area contributed by atoms with E-state index in [4.69, 9.17) is 10.5 Å². The minimum Gasteiger partial charge on any atom is -0.376 e. The number of ether oxygens (including phenoxy) is 1. The molecule has 3 rings (SSSR count). The van der Waals surface area contributed by atoms with Gasteiger partial charge in [-0.2, -0.15) is 0 Å². The number of hydrogen-bond acceptors (Lipinski definition) is 3. The van der Waals surface area contributed by atoms with Crippen LogP contribution in [-0.2, 0) is 11.3 Å². The van der Waals surface area contributed by atoms with E-state index in [0.29, 0.717) is 16.1 Å². The van der Waals surface area contributed by atoms with Gasteiger partial charge in [0.2, 0.25) is 5.95 Å². The first-order valence-electron chi connectivity index (χ1n) is 6.21. The first-order chi connectivity index (χ1) is 9.04. The Morgan fingerprint density at radius 3 is 2.84 bits per heavy atom. The number of hydrogen-bond donors (Lipinski definition) is 1. The lowest BCUT2D eigenvalue weighted by Crippen LogP contribution is -2.43. The first kappa shape index (κ1) is 13.1. The zero-order valence-electron chi connectivity index (χ0n) is 10.6. The van der Waals surface area contributed by atoms with Crippen LogP contribution in [0.15, 0.2) is 12.1 Å². The Kier molecular flexibility index (Phi) is 3.17. The Labute approximate surface area is 124 Å². The first-order valence-corrected chi connectivity index (χ1v) is 7.28. The van der Waals surface area contributed by atoms with Crippen molar-refractivity contribution in [2.75, 3.05) is 12.8 Å². The molecule has 1 aromatic heterocycles. The van der Waals surface area contributed by atoms with Crippen LogP contribution in [0.25, 0.3) is 11.0 Å². The Balaban J connectivity index is 2.07. The maximum Gasteiger partial charge on any atom is 0.201 e. The van der Waals surface area contributed by atoms with Crippen LogP contribution in [0.5, 0.6) is 0 Å². The van der Waals surface area contributed by atoms with Gasteiger partial charge < -0.3 is 15.0 Å². The highest BCUT2D eigenvalue weighted by Crippen LogP contribution is 2.38. The summed E-state index contributed by atoms with van der Waals surface area (Å²) in [5, 5.41) is 0. The topological polar surface area (TPSA) is 53.1 Å². The predicted molar refractivity (Wildman–Crippen MR) is 80.4 cm³/mol. The van der Waals surface area contributed by atoms with E-state index in [1.807, 2.05) is 27.2 Å². The fourth-order valence-electron chi connectivity index (χ4n) is 2.59. The molecule has 0 saturated heterocycles. The van der Waals surface area contributed by atoms with Crippen molar-refractivity contribution < 1.29 is 9.13 Å². The van der Waals surface area contributed by atoms with Gasteiger partial charge in [0, 0.05) is 13.2 Å². The summed E-state index contributed by atoms with van der Waals surface area (Å²) < 4.78 is 21.7. The van der Waals surface area contributed by atoms with Gasteiger partial charge in [0.25, 0.3) is 0 Å². The summed E-state index contributed by atoms with van der Waals surface area (Å²) in [6, 6.07) is 3.22. The summed E-state index contributed by atoms with van der Waals surface area (Å²) in [6.45, 7) is 0.631. The summed E-state index contributed by atoms with van der Waals surface area (Å²) in [7, 11) is 1.72. The zero-order chi connectivity index (χ0) is 13.6. The average molecular weight is 375 g/mol. The standard InChI is InChI=1S/C13H15FIN3O/c1-19-13(3-2-4-13)7-18-11-5-8(14)9(15)6-10(11)17-12(18)16/h5-6H,2-4,7H2,1H3,(H2,16,17). The molecule has 0 atom stereocenters. The molecule has 6 heteroatoms. The van der Waals surface area contributed by atoms with Crippen LogP contribution in [0.2, 0.25) is 0 Å². The molecule has 1 heterocycles. The lowest BCUT2D eigenvalue weighted by Gasteiger charge is -2.40. The van der Waals surface area contributed by atoms with Crippen molar-refractivity contribution in [1.82, 2.24) is 9.55 Å². The molecule has 4 nitrogen and oxygen atoms in total. The molecular formula is C13H15FIN3O. The van der Waals surface area contributed by atoms with Gasteiger partial charge in [-0.15, -0.1) is 0 Å². The number of fused-ring (bicyclic) bond motifs is 1. The van der Waals surface area contributed by atoms with Crippen LogP contribution in [0.4, 0.5) is 10.3 Å². The summed E-state index contributed by atoms with van der Waals surface area (Å²) in [6.07, 6.45) is 3.18. The zero-order valence-corrected chi connectivity index (χ0v) is 12.8. The fraction of sp³-hybridized carbons (Fsp3) is 0.462. The van der Waals surface area contributed by atoms with E-state index >= 15 is 0 Å². The summed E-state index contributed by atoms with van der Waals surface area (Å²) in [4.78, 5) is 4.31. The van der Waals surface area contributed by atoms with Crippen LogP contribution in [0.3, 0.4) is 0 Å². The molecule has 0 unspecified atom stereocenters. The molecule has 1 aliphatic carbocycles. The van der Waals surface area contributed by atoms with Crippen LogP contribution < -0.4 is 5.73 Å². The SMILES string of the molecule is COC1(Cn2c(N)nc3cc(I)c(F)cc32)CCC1. The van der Waals surface area contributed by atoms with E-state index in [0.717, 1.165) is 30.3 Å². The quantitative estimate of drug-likeness (QED) is 0.840. The Hall–Kier alpha value is -0.890. The second-order valence-electron chi connectivity index (χ2n) is 5.05. The molecule has 0 amide bonds. The molecule has 1 aromatic carbocycles. The van der Waals surface area contributed by atoms with Crippen molar-refractivity contribution >= 4 is 39.6 Å². The van der Waals surface area contributed by atoms with Gasteiger partial charge in [-0.25, -0.2) is 9.37 Å². The highest BCUT2D eigenvalue weighted by atomic mass is 127. The number of anilines is 1. The van der Waals surface area contributed by atoms with Crippen molar-refractivity contribution in [3.8, 4) is 0 Å². The highest BCUT2D eigenvalue weighted by Gasteiger charge is 2.38. The van der Waals surface area contributed by atoms with Gasteiger partial charge in [-0.05, 0) is 47.9 Å². The maximum absolute atomic E-state index is 13.7. The normalized spacial score (nSPS) is 17.6. The molecule has 0 spiro atoms. The fourth-order valence-corrected chi connectivity index (χ4v) is 3.04. The second-order valence-corrected chi connectivity index (χ2v) is 6.21. The number of nitrogens with zero attached hydrogens (tertiary/aromatic N) is 2. The second kappa shape index (κ2) is 4.59. The molecule has 2 N–H and O–H groups in total. The van der Waals surface area contributed by atoms with Crippen molar-refractivity contribution in [1.29, 1.82) is 0 Å². The minimum absolute atomic E-state index is 0.165. The molecule has 19 heavy (non-hydrogen) atoms. The molecule has 1 fully saturated rings. The van der Waals surface area contributed by atoms with Gasteiger partial charge >= 0.3 is 0 Å². The number of halogens is 2. The van der Waals surface area contributed by atoms with Gasteiger partial charge in [0.1, 0.15) is 5.82 Å². The maximum atomic E-state index is 13.7. The van der Waals surface area contributed by atoms with Crippen molar-refractivity contribution in [2.45, 2.75) is 31.4 Å². The Bertz CT molecular complexity index is 631. The van der Waals surface area contributed by atoms with E-state index in [2.05, 4.69) is 4.98 Å². The number of imidazole rings is 1. The van der Waals surface area contributed by atoms with Gasteiger partial charge in [-0.1, -0.05) is 0 Å². The molecule has 2 aromatic rings. The number of benzene rings is 1. The third-order valence-electron chi connectivity index (χ3n) is 3.96. The number of nitrogen functional groups attached to an aromatic ring is 1. The van der Waals surface area contributed by atoms with Crippen LogP contribution in [0, 0.1) is 9.39 Å². The smallest absolute Gasteiger partial charge is 0.201 e. The largest absolute Gasteiger partial charge is 0.376 e. The summed E-state index contributed by atoms with van der Waals surface area (Å²) in [5.74, 6) is 0.175. The van der Waals surface area contributed by atoms with E-state index in [1.165, 1.54) is 6.07 Å². The highest BCUT2D eigenvalue weighted by molar-refractivity contribution is 14.1. The van der Waals surface area contributed by atoms with E-state index in [1.54, 1.807) is 13.2 Å². The Morgan fingerprint density at radius 1 is 1.53 bits per heavy atom. The monoisotopic (exact) mass is 375 g/mol. The molecule has 0 aliphatic heterocycles. The number of nitrogens with two attached hydrogens (primary N) is 1. The summed E-state index contributed by atoms with van der Waals surface area (Å²) in [5.41, 5.74) is 7.27. The lowest BCUT2D eigenvalue weighted by molar-refractivity contribution is -0.0824. The molecule has 1 aliphatic rings. The van der Waals surface area contributed by atoms with Gasteiger partial charge in [0.15, 0.2) is 0 Å². The lowest BCUT2D eigenvalue weighted by atomic mass is 9.80. The van der Waals surface area contributed by atoms with Gasteiger partial charge in [0.05, 0.1) is 26.7 Å². The summed E-state index contributed by atoms with van der Waals surface area (Å²) >= 11 is 1.96. The van der Waals surface area contributed by atoms with Crippen molar-refractivity contribution in [2.24, 2.45) is 0 Å². The van der Waals surface area contributed by atoms with Crippen LogP contribution >= 0.6 is 22.6 Å². The third kappa shape index (κ3) is 2.10. The molecule has 102 valence electrons. The molecule has 0 bridgehead atoms. The molecular weight excluding hydrogens is 360 g/mol. The number of rotatable bonds is 3. The average Bonchev–Trinajstić information content (AvgIpc) is 2.61. The van der Waals surface area contributed by atoms with Crippen LogP contribution in [-0.4, -0.2) is 22.3 Å². The van der Waals surface area contributed by atoms with Crippen molar-refractivity contribution in [3.05, 3.63) is 21.5 Å². The van der Waals surface area contributed by atoms with E-state index < -0.39 is 0 Å². The van der Waals surface area contributed by atoms with E-state index in [9.17, 15) is 4.39 Å². The molecule has 0 radical (unpaired) electrons. The van der Waals surface area contributed by atoms with Gasteiger partial charge in [-0.3, -0.25) is 0 Å². The Morgan fingerprint density at radius 2 is 2.26 bits per heavy atom. The number of aromatic nitrogens is 2. The van der Waals surface area contributed by atoms with Crippen molar-refractivity contribution in [3.63, 3.8) is 0 Å². The molecule has 1 saturated carbocycles. The minimum atomic E-state index is -0.241. The van der Waals surface area contributed by atoms with E-state index in [-0.39, 0.29) is 11.4 Å².